The third-order valence-corrected chi connectivity index (χ3v) is 2.78. The minimum Gasteiger partial charge on any atom is -0.330 e. The van der Waals surface area contributed by atoms with E-state index in [1.807, 2.05) is 0 Å². The van der Waals surface area contributed by atoms with Crippen molar-refractivity contribution in [3.05, 3.63) is 29.3 Å². The first-order chi connectivity index (χ1) is 6.95. The molecule has 0 aliphatic carbocycles. The van der Waals surface area contributed by atoms with Crippen molar-refractivity contribution in [2.24, 2.45) is 0 Å². The largest absolute Gasteiger partial charge is 0.345 e. The maximum Gasteiger partial charge on any atom is 0.345 e. The van der Waals surface area contributed by atoms with Crippen molar-refractivity contribution in [3.63, 3.8) is 0 Å². The van der Waals surface area contributed by atoms with Crippen molar-refractivity contribution in [1.29, 1.82) is 0 Å². The zero-order valence-corrected chi connectivity index (χ0v) is 10.7. The van der Waals surface area contributed by atoms with Gasteiger partial charge in [0, 0.05) is 0 Å². The average Bonchev–Trinajstić information content (AvgIpc) is 2.09. The van der Waals surface area contributed by atoms with Gasteiger partial charge in [0.25, 0.3) is 0 Å². The first-order valence-corrected chi connectivity index (χ1v) is 5.34. The lowest BCUT2D eigenvalue weighted by atomic mass is 9.62. The van der Waals surface area contributed by atoms with Gasteiger partial charge in [0.05, 0.1) is 0 Å². The number of nitrogens with zero attached hydrogens (tertiary/aromatic N) is 2. The second-order valence-corrected chi connectivity index (χ2v) is 4.61. The zero-order chi connectivity index (χ0) is 11.6. The summed E-state index contributed by atoms with van der Waals surface area (Å²) in [5, 5.41) is 0. The van der Waals surface area contributed by atoms with Crippen molar-refractivity contribution in [2.75, 3.05) is 28.2 Å². The molecular weight excluding hydrogens is 183 g/mol. The predicted octanol–water partition coefficient (Wildman–Crippen LogP) is 1.12. The van der Waals surface area contributed by atoms with E-state index in [0.29, 0.717) is 6.98 Å². The molecule has 0 aromatic heterocycles. The van der Waals surface area contributed by atoms with E-state index in [4.69, 9.17) is 0 Å². The van der Waals surface area contributed by atoms with E-state index in [0.717, 1.165) is 0 Å². The van der Waals surface area contributed by atoms with Gasteiger partial charge >= 0.3 is 6.98 Å². The van der Waals surface area contributed by atoms with E-state index < -0.39 is 0 Å². The lowest BCUT2D eigenvalue weighted by Gasteiger charge is -2.29. The van der Waals surface area contributed by atoms with Crippen LogP contribution in [-0.4, -0.2) is 44.8 Å². The zero-order valence-electron chi connectivity index (χ0n) is 10.7. The Kier molecular flexibility index (Phi) is 3.94. The van der Waals surface area contributed by atoms with Gasteiger partial charge < -0.3 is 9.62 Å². The normalized spacial score (nSPS) is 11.2. The third kappa shape index (κ3) is 2.61. The Labute approximate surface area is 94.0 Å². The quantitative estimate of drug-likeness (QED) is 0.681. The van der Waals surface area contributed by atoms with E-state index in [9.17, 15) is 0 Å². The minimum atomic E-state index is 0.353. The van der Waals surface area contributed by atoms with Crippen molar-refractivity contribution in [2.45, 2.75) is 13.8 Å². The van der Waals surface area contributed by atoms with E-state index >= 15 is 0 Å². The molecule has 82 valence electrons. The average molecular weight is 204 g/mol. The second-order valence-electron chi connectivity index (χ2n) is 4.61. The Morgan fingerprint density at radius 2 is 1.27 bits per heavy atom. The molecule has 1 aromatic carbocycles. The van der Waals surface area contributed by atoms with E-state index in [1.165, 1.54) is 16.6 Å². The fourth-order valence-corrected chi connectivity index (χ4v) is 2.21. The van der Waals surface area contributed by atoms with Crippen LogP contribution in [0.2, 0.25) is 0 Å². The summed E-state index contributed by atoms with van der Waals surface area (Å²) in [5.41, 5.74) is 4.15. The third-order valence-electron chi connectivity index (χ3n) is 2.78. The molecule has 0 saturated carbocycles. The summed E-state index contributed by atoms with van der Waals surface area (Å²) in [6, 6.07) is 6.49. The standard InChI is InChI=1S/C12H21BN2/c1-10-8-7-9-11(2)12(10)13(14(3)4)15(5)6/h7-9H,1-6H3. The fraction of sp³-hybridized carbons (Fsp3) is 0.500. The van der Waals surface area contributed by atoms with Gasteiger partial charge in [0.1, 0.15) is 0 Å². The van der Waals surface area contributed by atoms with Crippen LogP contribution in [0.4, 0.5) is 0 Å². The molecule has 0 amide bonds. The van der Waals surface area contributed by atoms with Crippen LogP contribution in [0, 0.1) is 13.8 Å². The van der Waals surface area contributed by atoms with Crippen molar-refractivity contribution < 1.29 is 0 Å². The molecule has 0 unspecified atom stereocenters. The monoisotopic (exact) mass is 204 g/mol. The number of hydrogen-bond donors (Lipinski definition) is 0. The predicted molar refractivity (Wildman–Crippen MR) is 68.7 cm³/mol. The Hall–Kier alpha value is -0.795. The molecule has 3 heteroatoms. The molecule has 0 aliphatic heterocycles. The molecule has 2 nitrogen and oxygen atoms in total. The minimum absolute atomic E-state index is 0.353. The van der Waals surface area contributed by atoms with Gasteiger partial charge in [0.15, 0.2) is 0 Å². The SMILES string of the molecule is Cc1cccc(C)c1B(N(C)C)N(C)C. The maximum absolute atomic E-state index is 2.25. The van der Waals surface area contributed by atoms with E-state index in [1.54, 1.807) is 0 Å². The molecule has 0 bridgehead atoms. The first-order valence-electron chi connectivity index (χ1n) is 5.34. The van der Waals surface area contributed by atoms with Gasteiger partial charge in [-0.05, 0) is 47.5 Å². The molecule has 0 heterocycles. The maximum atomic E-state index is 2.25. The number of aryl methyl sites for hydroxylation is 2. The van der Waals surface area contributed by atoms with Gasteiger partial charge in [-0.2, -0.15) is 0 Å². The molecule has 0 radical (unpaired) electrons. The molecule has 0 fully saturated rings. The van der Waals surface area contributed by atoms with E-state index in [-0.39, 0.29) is 0 Å². The summed E-state index contributed by atoms with van der Waals surface area (Å²) in [6.07, 6.45) is 0. The summed E-state index contributed by atoms with van der Waals surface area (Å²) < 4.78 is 0. The van der Waals surface area contributed by atoms with Crippen LogP contribution in [0.25, 0.3) is 0 Å². The van der Waals surface area contributed by atoms with Gasteiger partial charge in [0.2, 0.25) is 0 Å². The highest BCUT2D eigenvalue weighted by Gasteiger charge is 2.25. The molecule has 0 spiro atoms. The highest BCUT2D eigenvalue weighted by atomic mass is 15.2. The smallest absolute Gasteiger partial charge is 0.330 e. The van der Waals surface area contributed by atoms with Gasteiger partial charge in [-0.1, -0.05) is 29.3 Å². The Balaban J connectivity index is 3.22. The molecule has 15 heavy (non-hydrogen) atoms. The summed E-state index contributed by atoms with van der Waals surface area (Å²) in [4.78, 5) is 4.49. The highest BCUT2D eigenvalue weighted by Crippen LogP contribution is 2.05. The van der Waals surface area contributed by atoms with Crippen molar-refractivity contribution >= 4 is 12.4 Å². The van der Waals surface area contributed by atoms with Crippen LogP contribution in [0.1, 0.15) is 11.1 Å². The molecule has 0 saturated heterocycles. The lowest BCUT2D eigenvalue weighted by molar-refractivity contribution is 0.530. The molecule has 0 aliphatic rings. The highest BCUT2D eigenvalue weighted by molar-refractivity contribution is 6.68. The summed E-state index contributed by atoms with van der Waals surface area (Å²) >= 11 is 0. The van der Waals surface area contributed by atoms with Crippen LogP contribution in [0.3, 0.4) is 0 Å². The molecular formula is C12H21BN2. The van der Waals surface area contributed by atoms with Crippen LogP contribution in [0.5, 0.6) is 0 Å². The Morgan fingerprint density at radius 3 is 1.60 bits per heavy atom. The summed E-state index contributed by atoms with van der Waals surface area (Å²) in [6.45, 7) is 4.72. The lowest BCUT2D eigenvalue weighted by Crippen LogP contribution is -2.56. The molecule has 1 rings (SSSR count). The Bertz CT molecular complexity index is 306. The van der Waals surface area contributed by atoms with Crippen molar-refractivity contribution in [3.8, 4) is 0 Å². The fourth-order valence-electron chi connectivity index (χ4n) is 2.21. The van der Waals surface area contributed by atoms with Crippen LogP contribution in [0.15, 0.2) is 18.2 Å². The van der Waals surface area contributed by atoms with Crippen LogP contribution < -0.4 is 5.46 Å². The topological polar surface area (TPSA) is 6.48 Å². The molecule has 0 atom stereocenters. The van der Waals surface area contributed by atoms with Gasteiger partial charge in [-0.3, -0.25) is 0 Å². The Morgan fingerprint density at radius 1 is 0.867 bits per heavy atom. The van der Waals surface area contributed by atoms with Crippen molar-refractivity contribution in [1.82, 2.24) is 9.62 Å². The first kappa shape index (κ1) is 12.3. The summed E-state index contributed by atoms with van der Waals surface area (Å²) in [7, 11) is 8.49. The van der Waals surface area contributed by atoms with Gasteiger partial charge in [-0.25, -0.2) is 0 Å². The number of hydrogen-bond acceptors (Lipinski definition) is 2. The van der Waals surface area contributed by atoms with Crippen LogP contribution in [-0.2, 0) is 0 Å². The second kappa shape index (κ2) is 4.82. The van der Waals surface area contributed by atoms with E-state index in [2.05, 4.69) is 69.9 Å². The van der Waals surface area contributed by atoms with Crippen LogP contribution >= 0.6 is 0 Å². The molecule has 0 N–H and O–H groups in total. The van der Waals surface area contributed by atoms with Gasteiger partial charge in [-0.15, -0.1) is 0 Å². The number of rotatable bonds is 3. The number of benzene rings is 1. The summed E-state index contributed by atoms with van der Waals surface area (Å²) in [5.74, 6) is 0. The molecule has 1 aromatic rings.